The maximum absolute atomic E-state index is 11.2. The topological polar surface area (TPSA) is 43.1 Å². The molecule has 0 heterocycles. The van der Waals surface area contributed by atoms with Crippen molar-refractivity contribution < 1.29 is 4.92 Å². The standard InChI is InChI=1S/C14H8Cl3NO2/c15-11-6-7-12(16)14(17)10(11)8-13(18(19)20)9-4-2-1-3-5-9/h1-8H. The smallest absolute Gasteiger partial charge is 0.258 e. The second-order valence-corrected chi connectivity index (χ2v) is 5.10. The van der Waals surface area contributed by atoms with Crippen molar-refractivity contribution in [2.24, 2.45) is 0 Å². The Balaban J connectivity index is 2.62. The van der Waals surface area contributed by atoms with E-state index in [0.717, 1.165) is 0 Å². The summed E-state index contributed by atoms with van der Waals surface area (Å²) in [5, 5.41) is 12.0. The highest BCUT2D eigenvalue weighted by Crippen LogP contribution is 2.34. The summed E-state index contributed by atoms with van der Waals surface area (Å²) in [6.45, 7) is 0. The molecule has 20 heavy (non-hydrogen) atoms. The van der Waals surface area contributed by atoms with Crippen molar-refractivity contribution in [1.82, 2.24) is 0 Å². The molecule has 0 aliphatic carbocycles. The van der Waals surface area contributed by atoms with Gasteiger partial charge in [0.1, 0.15) is 0 Å². The van der Waals surface area contributed by atoms with Crippen LogP contribution in [0.15, 0.2) is 42.5 Å². The van der Waals surface area contributed by atoms with E-state index >= 15 is 0 Å². The Kier molecular flexibility index (Phi) is 4.65. The lowest BCUT2D eigenvalue weighted by atomic mass is 10.1. The molecule has 0 aliphatic heterocycles. The van der Waals surface area contributed by atoms with Gasteiger partial charge >= 0.3 is 0 Å². The lowest BCUT2D eigenvalue weighted by molar-refractivity contribution is -0.374. The summed E-state index contributed by atoms with van der Waals surface area (Å²) in [6, 6.07) is 11.6. The summed E-state index contributed by atoms with van der Waals surface area (Å²) in [4.78, 5) is 10.7. The van der Waals surface area contributed by atoms with E-state index in [1.54, 1.807) is 36.4 Å². The number of benzene rings is 2. The Hall–Kier alpha value is -1.55. The van der Waals surface area contributed by atoms with E-state index in [9.17, 15) is 10.1 Å². The summed E-state index contributed by atoms with van der Waals surface area (Å²) in [5.74, 6) is 0. The molecule has 0 unspecified atom stereocenters. The molecule has 3 nitrogen and oxygen atoms in total. The minimum atomic E-state index is -0.483. The zero-order chi connectivity index (χ0) is 14.7. The minimum absolute atomic E-state index is 0.100. The van der Waals surface area contributed by atoms with Crippen LogP contribution in [0.1, 0.15) is 11.1 Å². The van der Waals surface area contributed by atoms with Gasteiger partial charge in [0, 0.05) is 16.7 Å². The molecule has 2 rings (SSSR count). The van der Waals surface area contributed by atoms with Gasteiger partial charge in [-0.2, -0.15) is 0 Å². The molecular weight excluding hydrogens is 321 g/mol. The normalized spacial score (nSPS) is 11.4. The number of nitro groups is 1. The fourth-order valence-corrected chi connectivity index (χ4v) is 2.31. The Morgan fingerprint density at radius 1 is 1.00 bits per heavy atom. The lowest BCUT2D eigenvalue weighted by Crippen LogP contribution is -1.98. The first-order valence-corrected chi connectivity index (χ1v) is 6.69. The summed E-state index contributed by atoms with van der Waals surface area (Å²) < 4.78 is 0. The Morgan fingerprint density at radius 3 is 2.20 bits per heavy atom. The van der Waals surface area contributed by atoms with Crippen molar-refractivity contribution in [3.05, 3.63) is 78.8 Å². The van der Waals surface area contributed by atoms with E-state index in [4.69, 9.17) is 34.8 Å². The van der Waals surface area contributed by atoms with Crippen molar-refractivity contribution in [3.8, 4) is 0 Å². The Labute approximate surface area is 130 Å². The predicted octanol–water partition coefficient (Wildman–Crippen LogP) is 5.42. The van der Waals surface area contributed by atoms with Gasteiger partial charge < -0.3 is 0 Å². The van der Waals surface area contributed by atoms with Crippen LogP contribution in [0, 0.1) is 10.1 Å². The number of rotatable bonds is 3. The van der Waals surface area contributed by atoms with Gasteiger partial charge in [0.2, 0.25) is 0 Å². The zero-order valence-corrected chi connectivity index (χ0v) is 12.3. The zero-order valence-electron chi connectivity index (χ0n) is 10.0. The summed E-state index contributed by atoms with van der Waals surface area (Å²) >= 11 is 18.0. The van der Waals surface area contributed by atoms with E-state index < -0.39 is 4.92 Å². The number of halogens is 3. The van der Waals surface area contributed by atoms with Crippen LogP contribution in [0.2, 0.25) is 15.1 Å². The van der Waals surface area contributed by atoms with E-state index in [-0.39, 0.29) is 15.7 Å². The number of hydrogen-bond donors (Lipinski definition) is 0. The first-order valence-electron chi connectivity index (χ1n) is 5.55. The molecule has 6 heteroatoms. The molecule has 0 saturated carbocycles. The lowest BCUT2D eigenvalue weighted by Gasteiger charge is -2.05. The maximum Gasteiger partial charge on any atom is 0.277 e. The van der Waals surface area contributed by atoms with Crippen LogP contribution in [0.5, 0.6) is 0 Å². The molecule has 0 aromatic heterocycles. The van der Waals surface area contributed by atoms with Gasteiger partial charge in [-0.15, -0.1) is 0 Å². The quantitative estimate of drug-likeness (QED) is 0.327. The van der Waals surface area contributed by atoms with Crippen molar-refractivity contribution in [2.45, 2.75) is 0 Å². The predicted molar refractivity (Wildman–Crippen MR) is 82.8 cm³/mol. The number of hydrogen-bond acceptors (Lipinski definition) is 2. The van der Waals surface area contributed by atoms with Crippen LogP contribution < -0.4 is 0 Å². The van der Waals surface area contributed by atoms with Gasteiger partial charge in [-0.3, -0.25) is 10.1 Å². The van der Waals surface area contributed by atoms with Crippen LogP contribution in [0.25, 0.3) is 11.8 Å². The van der Waals surface area contributed by atoms with Crippen LogP contribution >= 0.6 is 34.8 Å². The molecule has 0 saturated heterocycles. The monoisotopic (exact) mass is 327 g/mol. The number of nitrogens with zero attached hydrogens (tertiary/aromatic N) is 1. The molecule has 102 valence electrons. The summed E-state index contributed by atoms with van der Waals surface area (Å²) in [7, 11) is 0. The average molecular weight is 329 g/mol. The first-order chi connectivity index (χ1) is 9.50. The van der Waals surface area contributed by atoms with E-state index in [1.165, 1.54) is 12.1 Å². The molecule has 0 radical (unpaired) electrons. The van der Waals surface area contributed by atoms with Gasteiger partial charge in [0.15, 0.2) is 0 Å². The highest BCUT2D eigenvalue weighted by Gasteiger charge is 2.17. The Morgan fingerprint density at radius 2 is 1.60 bits per heavy atom. The third kappa shape index (κ3) is 3.12. The average Bonchev–Trinajstić information content (AvgIpc) is 2.44. The second kappa shape index (κ2) is 6.27. The van der Waals surface area contributed by atoms with Crippen molar-refractivity contribution in [2.75, 3.05) is 0 Å². The van der Waals surface area contributed by atoms with Crippen LogP contribution in [0.3, 0.4) is 0 Å². The second-order valence-electron chi connectivity index (χ2n) is 3.91. The molecule has 2 aromatic carbocycles. The summed E-state index contributed by atoms with van der Waals surface area (Å²) in [6.07, 6.45) is 1.33. The molecule has 0 bridgehead atoms. The fourth-order valence-electron chi connectivity index (χ4n) is 1.66. The van der Waals surface area contributed by atoms with Crippen molar-refractivity contribution >= 4 is 46.6 Å². The van der Waals surface area contributed by atoms with Gasteiger partial charge in [-0.25, -0.2) is 0 Å². The Bertz CT molecular complexity index is 684. The molecule has 2 aromatic rings. The maximum atomic E-state index is 11.2. The third-order valence-corrected chi connectivity index (χ3v) is 3.78. The fraction of sp³-hybridized carbons (Fsp3) is 0. The third-order valence-electron chi connectivity index (χ3n) is 2.63. The van der Waals surface area contributed by atoms with Gasteiger partial charge in [0.25, 0.3) is 5.70 Å². The first kappa shape index (κ1) is 14.9. The summed E-state index contributed by atoms with van der Waals surface area (Å²) in [5.41, 5.74) is 0.692. The van der Waals surface area contributed by atoms with Crippen LogP contribution in [-0.2, 0) is 0 Å². The molecular formula is C14H8Cl3NO2. The minimum Gasteiger partial charge on any atom is -0.258 e. The van der Waals surface area contributed by atoms with Crippen molar-refractivity contribution in [1.29, 1.82) is 0 Å². The van der Waals surface area contributed by atoms with E-state index in [0.29, 0.717) is 16.1 Å². The largest absolute Gasteiger partial charge is 0.277 e. The SMILES string of the molecule is O=[N+]([O-])C(=Cc1c(Cl)ccc(Cl)c1Cl)c1ccccc1. The highest BCUT2D eigenvalue weighted by atomic mass is 35.5. The molecule has 0 fully saturated rings. The van der Waals surface area contributed by atoms with Crippen LogP contribution in [-0.4, -0.2) is 4.92 Å². The van der Waals surface area contributed by atoms with Gasteiger partial charge in [0.05, 0.1) is 20.5 Å². The highest BCUT2D eigenvalue weighted by molar-refractivity contribution is 6.44. The van der Waals surface area contributed by atoms with Gasteiger partial charge in [-0.1, -0.05) is 53.0 Å². The molecule has 0 atom stereocenters. The van der Waals surface area contributed by atoms with Crippen molar-refractivity contribution in [3.63, 3.8) is 0 Å². The van der Waals surface area contributed by atoms with Crippen LogP contribution in [0.4, 0.5) is 0 Å². The molecule has 0 spiro atoms. The molecule has 0 N–H and O–H groups in total. The van der Waals surface area contributed by atoms with E-state index in [1.807, 2.05) is 0 Å². The molecule has 0 amide bonds. The van der Waals surface area contributed by atoms with Gasteiger partial charge in [-0.05, 0) is 24.3 Å². The molecule has 0 aliphatic rings. The van der Waals surface area contributed by atoms with E-state index in [2.05, 4.69) is 0 Å².